The lowest BCUT2D eigenvalue weighted by Gasteiger charge is -2.16. The molecule has 0 fully saturated rings. The van der Waals surface area contributed by atoms with Crippen LogP contribution in [0.25, 0.3) is 10.8 Å². The van der Waals surface area contributed by atoms with Crippen molar-refractivity contribution < 1.29 is 29.2 Å². The third-order valence-electron chi connectivity index (χ3n) is 5.06. The van der Waals surface area contributed by atoms with Gasteiger partial charge in [0, 0.05) is 5.39 Å². The maximum Gasteiger partial charge on any atom is 0.127 e. The summed E-state index contributed by atoms with van der Waals surface area (Å²) in [6.07, 6.45) is -1.53. The summed E-state index contributed by atoms with van der Waals surface area (Å²) in [5.74, 6) is 2.71. The molecule has 0 aliphatic carbocycles. The highest BCUT2D eigenvalue weighted by Gasteiger charge is 2.11. The van der Waals surface area contributed by atoms with Crippen molar-refractivity contribution in [2.45, 2.75) is 12.2 Å². The molecule has 0 aliphatic heterocycles. The molecule has 2 N–H and O–H groups in total. The molecule has 0 aromatic heterocycles. The lowest BCUT2D eigenvalue weighted by molar-refractivity contribution is 0.0626. The molecule has 34 heavy (non-hydrogen) atoms. The number of para-hydroxylation sites is 2. The van der Waals surface area contributed by atoms with E-state index in [4.69, 9.17) is 18.9 Å². The number of fused-ring (bicyclic) bond motifs is 1. The molecule has 6 nitrogen and oxygen atoms in total. The summed E-state index contributed by atoms with van der Waals surface area (Å²) in [6, 6.07) is 30.0. The average molecular weight is 461 g/mol. The van der Waals surface area contributed by atoms with Gasteiger partial charge in [0.15, 0.2) is 0 Å². The Bertz CT molecular complexity index is 1150. The molecule has 4 aromatic rings. The van der Waals surface area contributed by atoms with Crippen LogP contribution in [0, 0.1) is 0 Å². The molecule has 2 unspecified atom stereocenters. The summed E-state index contributed by atoms with van der Waals surface area (Å²) in [5.41, 5.74) is 0. The summed E-state index contributed by atoms with van der Waals surface area (Å²) < 4.78 is 22.7. The smallest absolute Gasteiger partial charge is 0.127 e. The number of rotatable bonds is 12. The molecular weight excluding hydrogens is 432 g/mol. The summed E-state index contributed by atoms with van der Waals surface area (Å²) in [4.78, 5) is 0. The van der Waals surface area contributed by atoms with Crippen LogP contribution < -0.4 is 18.9 Å². The van der Waals surface area contributed by atoms with Crippen LogP contribution in [0.2, 0.25) is 0 Å². The van der Waals surface area contributed by atoms with Gasteiger partial charge in [-0.1, -0.05) is 48.5 Å². The predicted molar refractivity (Wildman–Crippen MR) is 131 cm³/mol. The number of benzene rings is 4. The Balaban J connectivity index is 1.27. The molecule has 0 heterocycles. The lowest BCUT2D eigenvalue weighted by Crippen LogP contribution is -2.25. The van der Waals surface area contributed by atoms with E-state index < -0.39 is 12.2 Å². The average Bonchev–Trinajstić information content (AvgIpc) is 2.89. The van der Waals surface area contributed by atoms with E-state index in [-0.39, 0.29) is 26.4 Å². The predicted octanol–water partition coefficient (Wildman–Crippen LogP) is 4.48. The van der Waals surface area contributed by atoms with E-state index in [0.717, 1.165) is 10.8 Å². The third kappa shape index (κ3) is 6.88. The number of hydrogen-bond donors (Lipinski definition) is 2. The van der Waals surface area contributed by atoms with Crippen LogP contribution in [-0.2, 0) is 0 Å². The van der Waals surface area contributed by atoms with E-state index in [1.165, 1.54) is 0 Å². The van der Waals surface area contributed by atoms with Crippen LogP contribution in [0.15, 0.2) is 97.1 Å². The molecule has 4 aromatic carbocycles. The maximum absolute atomic E-state index is 10.2. The number of aliphatic hydroxyl groups is 2. The quantitative estimate of drug-likeness (QED) is 0.325. The summed E-state index contributed by atoms with van der Waals surface area (Å²) in [5, 5.41) is 22.2. The molecule has 6 heteroatoms. The van der Waals surface area contributed by atoms with E-state index in [0.29, 0.717) is 23.0 Å². The fraction of sp³-hybridized carbons (Fsp3) is 0.214. The zero-order chi connectivity index (χ0) is 23.6. The first-order valence-electron chi connectivity index (χ1n) is 11.2. The van der Waals surface area contributed by atoms with Crippen LogP contribution >= 0.6 is 0 Å². The monoisotopic (exact) mass is 460 g/mol. The standard InChI is InChI=1S/C28H28O6/c29-22(17-31-24-9-3-1-4-10-24)19-33-26-14-15-27-21(16-26)8-7-13-28(27)34-20-23(30)18-32-25-11-5-2-6-12-25/h1-16,22-23,29-30H,17-20H2. The molecule has 4 rings (SSSR count). The molecule has 0 amide bonds. The van der Waals surface area contributed by atoms with Crippen LogP contribution in [-0.4, -0.2) is 48.8 Å². The number of aliphatic hydroxyl groups excluding tert-OH is 2. The van der Waals surface area contributed by atoms with Gasteiger partial charge < -0.3 is 29.2 Å². The van der Waals surface area contributed by atoms with Gasteiger partial charge in [0.2, 0.25) is 0 Å². The maximum atomic E-state index is 10.2. The summed E-state index contributed by atoms with van der Waals surface area (Å²) in [6.45, 7) is 0.509. The van der Waals surface area contributed by atoms with Crippen molar-refractivity contribution in [1.29, 1.82) is 0 Å². The lowest BCUT2D eigenvalue weighted by atomic mass is 10.1. The van der Waals surface area contributed by atoms with Crippen molar-refractivity contribution in [3.05, 3.63) is 97.1 Å². The highest BCUT2D eigenvalue weighted by atomic mass is 16.5. The Hall–Kier alpha value is -3.74. The zero-order valence-corrected chi connectivity index (χ0v) is 18.7. The van der Waals surface area contributed by atoms with Crippen LogP contribution in [0.4, 0.5) is 0 Å². The Morgan fingerprint density at radius 2 is 1.03 bits per heavy atom. The molecule has 0 bridgehead atoms. The second-order valence-electron chi connectivity index (χ2n) is 7.82. The number of hydrogen-bond acceptors (Lipinski definition) is 6. The van der Waals surface area contributed by atoms with Crippen molar-refractivity contribution in [1.82, 2.24) is 0 Å². The second kappa shape index (κ2) is 11.9. The van der Waals surface area contributed by atoms with Gasteiger partial charge in [0.25, 0.3) is 0 Å². The van der Waals surface area contributed by atoms with E-state index in [1.54, 1.807) is 0 Å². The molecule has 176 valence electrons. The van der Waals surface area contributed by atoms with Gasteiger partial charge in [-0.25, -0.2) is 0 Å². The fourth-order valence-corrected chi connectivity index (χ4v) is 3.34. The normalized spacial score (nSPS) is 12.6. The second-order valence-corrected chi connectivity index (χ2v) is 7.82. The van der Waals surface area contributed by atoms with Crippen molar-refractivity contribution >= 4 is 10.8 Å². The minimum atomic E-state index is -0.766. The van der Waals surface area contributed by atoms with Gasteiger partial charge in [-0.3, -0.25) is 0 Å². The van der Waals surface area contributed by atoms with Gasteiger partial charge in [0.1, 0.15) is 61.6 Å². The minimum absolute atomic E-state index is 0.109. The van der Waals surface area contributed by atoms with Crippen molar-refractivity contribution in [2.75, 3.05) is 26.4 Å². The summed E-state index contributed by atoms with van der Waals surface area (Å²) >= 11 is 0. The molecule has 0 aliphatic rings. The first-order chi connectivity index (χ1) is 16.7. The highest BCUT2D eigenvalue weighted by molar-refractivity contribution is 5.89. The van der Waals surface area contributed by atoms with Crippen molar-refractivity contribution in [3.63, 3.8) is 0 Å². The van der Waals surface area contributed by atoms with Crippen LogP contribution in [0.1, 0.15) is 0 Å². The third-order valence-corrected chi connectivity index (χ3v) is 5.06. The highest BCUT2D eigenvalue weighted by Crippen LogP contribution is 2.29. The SMILES string of the molecule is OC(COc1ccccc1)COc1ccc2c(OCC(O)COc3ccccc3)cccc2c1. The van der Waals surface area contributed by atoms with Crippen molar-refractivity contribution in [3.8, 4) is 23.0 Å². The molecule has 0 saturated heterocycles. The van der Waals surface area contributed by atoms with Crippen molar-refractivity contribution in [2.24, 2.45) is 0 Å². The van der Waals surface area contributed by atoms with Gasteiger partial charge in [0.05, 0.1) is 0 Å². The molecule has 0 radical (unpaired) electrons. The van der Waals surface area contributed by atoms with Crippen LogP contribution in [0.5, 0.6) is 23.0 Å². The molecule has 0 spiro atoms. The van der Waals surface area contributed by atoms with E-state index in [1.807, 2.05) is 97.1 Å². The fourth-order valence-electron chi connectivity index (χ4n) is 3.34. The van der Waals surface area contributed by atoms with E-state index in [2.05, 4.69) is 0 Å². The van der Waals surface area contributed by atoms with E-state index in [9.17, 15) is 10.2 Å². The molecule has 2 atom stereocenters. The number of ether oxygens (including phenoxy) is 4. The van der Waals surface area contributed by atoms with Gasteiger partial charge in [-0.05, 0) is 53.9 Å². The van der Waals surface area contributed by atoms with Gasteiger partial charge in [-0.2, -0.15) is 0 Å². The topological polar surface area (TPSA) is 77.4 Å². The largest absolute Gasteiger partial charge is 0.491 e. The Morgan fingerprint density at radius 1 is 0.500 bits per heavy atom. The molecular formula is C28H28O6. The minimum Gasteiger partial charge on any atom is -0.491 e. The van der Waals surface area contributed by atoms with Gasteiger partial charge >= 0.3 is 0 Å². The Kier molecular flexibility index (Phi) is 8.22. The van der Waals surface area contributed by atoms with E-state index >= 15 is 0 Å². The Morgan fingerprint density at radius 3 is 1.62 bits per heavy atom. The zero-order valence-electron chi connectivity index (χ0n) is 18.7. The summed E-state index contributed by atoms with van der Waals surface area (Å²) in [7, 11) is 0. The molecule has 0 saturated carbocycles. The first kappa shape index (κ1) is 23.4. The first-order valence-corrected chi connectivity index (χ1v) is 11.2. The Labute approximate surface area is 198 Å². The van der Waals surface area contributed by atoms with Gasteiger partial charge in [-0.15, -0.1) is 0 Å². The van der Waals surface area contributed by atoms with Crippen LogP contribution in [0.3, 0.4) is 0 Å².